The number of aromatic nitrogens is 3. The fourth-order valence-electron chi connectivity index (χ4n) is 4.37. The van der Waals surface area contributed by atoms with Crippen LogP contribution in [0.2, 0.25) is 0 Å². The number of hydrogen-bond donors (Lipinski definition) is 0. The molecule has 0 N–H and O–H groups in total. The minimum Gasteiger partial charge on any atom is -0.421 e. The van der Waals surface area contributed by atoms with Crippen LogP contribution < -0.4 is 4.74 Å². The number of ether oxygens (including phenoxy) is 1. The van der Waals surface area contributed by atoms with Crippen molar-refractivity contribution in [1.29, 1.82) is 0 Å². The molecule has 4 aromatic heterocycles. The van der Waals surface area contributed by atoms with Gasteiger partial charge in [0.25, 0.3) is 0 Å². The summed E-state index contributed by atoms with van der Waals surface area (Å²) >= 11 is 1.72. The molecule has 2 aromatic carbocycles. The molecule has 0 atom stereocenters. The van der Waals surface area contributed by atoms with Crippen molar-refractivity contribution in [2.45, 2.75) is 26.7 Å². The molecule has 0 aliphatic carbocycles. The monoisotopic (exact) mass is 487 g/mol. The molecule has 0 aliphatic heterocycles. The Bertz CT molecular complexity index is 1710. The van der Waals surface area contributed by atoms with Crippen molar-refractivity contribution >= 4 is 31.6 Å². The van der Waals surface area contributed by atoms with Crippen molar-refractivity contribution in [1.82, 2.24) is 15.0 Å². The second-order valence-electron chi connectivity index (χ2n) is 9.20. The number of nitrogens with zero attached hydrogens (tertiary/aromatic N) is 3. The summed E-state index contributed by atoms with van der Waals surface area (Å²) in [4.78, 5) is 15.5. The first kappa shape index (κ1) is 22.4. The number of pyridine rings is 3. The molecule has 5 heteroatoms. The average Bonchev–Trinajstić information content (AvgIpc) is 3.27. The van der Waals surface area contributed by atoms with Gasteiger partial charge in [-0.25, -0.2) is 15.0 Å². The predicted octanol–water partition coefficient (Wildman–Crippen LogP) is 8.80. The van der Waals surface area contributed by atoms with E-state index in [0.29, 0.717) is 17.7 Å². The molecule has 0 aliphatic rings. The summed E-state index contributed by atoms with van der Waals surface area (Å²) in [6.45, 7) is 6.40. The first-order valence-corrected chi connectivity index (χ1v) is 12.9. The molecule has 0 amide bonds. The zero-order valence-corrected chi connectivity index (χ0v) is 21.2. The zero-order chi connectivity index (χ0) is 24.6. The van der Waals surface area contributed by atoms with E-state index in [1.807, 2.05) is 61.5 Å². The molecule has 0 bridgehead atoms. The van der Waals surface area contributed by atoms with Crippen LogP contribution in [-0.4, -0.2) is 15.0 Å². The van der Waals surface area contributed by atoms with Gasteiger partial charge in [-0.2, -0.15) is 0 Å². The smallest absolute Gasteiger partial charge is 0.222 e. The lowest BCUT2D eigenvalue weighted by Crippen LogP contribution is -1.97. The highest BCUT2D eigenvalue weighted by Crippen LogP contribution is 2.40. The summed E-state index contributed by atoms with van der Waals surface area (Å²) in [6.07, 6.45) is 0. The summed E-state index contributed by atoms with van der Waals surface area (Å²) < 4.78 is 7.44. The van der Waals surface area contributed by atoms with Crippen LogP contribution in [0.3, 0.4) is 0 Å². The molecule has 0 radical (unpaired) electrons. The first-order chi connectivity index (χ1) is 17.5. The molecular formula is C31H25N3OS. The fraction of sp³-hybridized carbons (Fsp3) is 0.129. The Morgan fingerprint density at radius 1 is 0.694 bits per heavy atom. The van der Waals surface area contributed by atoms with Crippen molar-refractivity contribution < 1.29 is 4.74 Å². The van der Waals surface area contributed by atoms with Gasteiger partial charge in [0, 0.05) is 44.4 Å². The van der Waals surface area contributed by atoms with Gasteiger partial charge in [-0.05, 0) is 42.7 Å². The van der Waals surface area contributed by atoms with Gasteiger partial charge in [-0.1, -0.05) is 68.4 Å². The normalized spacial score (nSPS) is 11.4. The average molecular weight is 488 g/mol. The molecule has 0 fully saturated rings. The number of aryl methyl sites for hydroxylation is 1. The van der Waals surface area contributed by atoms with Crippen molar-refractivity contribution in [2.75, 3.05) is 0 Å². The third-order valence-electron chi connectivity index (χ3n) is 6.27. The van der Waals surface area contributed by atoms with Crippen LogP contribution in [0.25, 0.3) is 42.8 Å². The first-order valence-electron chi connectivity index (χ1n) is 12.1. The molecule has 4 nitrogen and oxygen atoms in total. The SMILES string of the molecule is Cc1ccc2c(n1)sc1c(-c3cc(C(C)C)cc(Oc4cccc(-c5ccccc5)n4)n3)cccc12. The number of benzene rings is 2. The van der Waals surface area contributed by atoms with Gasteiger partial charge >= 0.3 is 0 Å². The predicted molar refractivity (Wildman–Crippen MR) is 149 cm³/mol. The molecular weight excluding hydrogens is 462 g/mol. The lowest BCUT2D eigenvalue weighted by molar-refractivity contribution is 0.445. The van der Waals surface area contributed by atoms with E-state index in [4.69, 9.17) is 19.7 Å². The van der Waals surface area contributed by atoms with Crippen LogP contribution in [0, 0.1) is 6.92 Å². The minimum absolute atomic E-state index is 0.323. The second-order valence-corrected chi connectivity index (χ2v) is 10.2. The zero-order valence-electron chi connectivity index (χ0n) is 20.4. The van der Waals surface area contributed by atoms with Crippen LogP contribution in [0.5, 0.6) is 11.8 Å². The van der Waals surface area contributed by atoms with E-state index in [-0.39, 0.29) is 0 Å². The van der Waals surface area contributed by atoms with E-state index in [0.717, 1.165) is 33.0 Å². The molecule has 0 saturated heterocycles. The highest BCUT2D eigenvalue weighted by atomic mass is 32.1. The summed E-state index contributed by atoms with van der Waals surface area (Å²) in [5.74, 6) is 1.39. The highest BCUT2D eigenvalue weighted by Gasteiger charge is 2.15. The van der Waals surface area contributed by atoms with E-state index in [1.165, 1.54) is 21.0 Å². The fourth-order valence-corrected chi connectivity index (χ4v) is 5.61. The van der Waals surface area contributed by atoms with Gasteiger partial charge in [0.2, 0.25) is 11.8 Å². The quantitative estimate of drug-likeness (QED) is 0.244. The van der Waals surface area contributed by atoms with Crippen LogP contribution in [0.15, 0.2) is 91.0 Å². The Labute approximate surface area is 214 Å². The molecule has 176 valence electrons. The Morgan fingerprint density at radius 3 is 2.33 bits per heavy atom. The van der Waals surface area contributed by atoms with Crippen LogP contribution in [0.1, 0.15) is 31.0 Å². The van der Waals surface area contributed by atoms with E-state index in [1.54, 1.807) is 11.3 Å². The Morgan fingerprint density at radius 2 is 1.50 bits per heavy atom. The summed E-state index contributed by atoms with van der Waals surface area (Å²) in [5, 5.41) is 2.39. The maximum absolute atomic E-state index is 6.25. The molecule has 4 heterocycles. The Kier molecular flexibility index (Phi) is 5.70. The van der Waals surface area contributed by atoms with Gasteiger partial charge in [0.1, 0.15) is 4.83 Å². The minimum atomic E-state index is 0.323. The van der Waals surface area contributed by atoms with Crippen LogP contribution in [0.4, 0.5) is 0 Å². The van der Waals surface area contributed by atoms with E-state index in [9.17, 15) is 0 Å². The van der Waals surface area contributed by atoms with E-state index in [2.05, 4.69) is 50.2 Å². The van der Waals surface area contributed by atoms with Gasteiger partial charge in [0.15, 0.2) is 0 Å². The maximum atomic E-state index is 6.25. The van der Waals surface area contributed by atoms with Crippen molar-refractivity contribution in [2.24, 2.45) is 0 Å². The standard InChI is InChI=1S/C31H25N3OS/c1-19(2)22-17-27(25-12-7-11-23-24-16-15-20(3)32-31(24)36-30(23)25)34-29(18-22)35-28-14-8-13-26(33-28)21-9-5-4-6-10-21/h4-19H,1-3H3. The molecule has 0 saturated carbocycles. The number of rotatable bonds is 5. The maximum Gasteiger partial charge on any atom is 0.222 e. The summed E-state index contributed by atoms with van der Waals surface area (Å²) in [7, 11) is 0. The van der Waals surface area contributed by atoms with Gasteiger partial charge in [-0.15, -0.1) is 11.3 Å². The molecule has 36 heavy (non-hydrogen) atoms. The third kappa shape index (κ3) is 4.23. The lowest BCUT2D eigenvalue weighted by atomic mass is 10.0. The second kappa shape index (κ2) is 9.17. The van der Waals surface area contributed by atoms with Crippen molar-refractivity contribution in [3.05, 3.63) is 102 Å². The highest BCUT2D eigenvalue weighted by molar-refractivity contribution is 7.26. The summed E-state index contributed by atoms with van der Waals surface area (Å²) in [6, 6.07) is 30.8. The lowest BCUT2D eigenvalue weighted by Gasteiger charge is -2.13. The van der Waals surface area contributed by atoms with Gasteiger partial charge < -0.3 is 4.74 Å². The van der Waals surface area contributed by atoms with E-state index >= 15 is 0 Å². The Hall–Kier alpha value is -4.09. The molecule has 6 rings (SSSR count). The van der Waals surface area contributed by atoms with Crippen molar-refractivity contribution in [3.63, 3.8) is 0 Å². The van der Waals surface area contributed by atoms with Crippen LogP contribution in [-0.2, 0) is 0 Å². The largest absolute Gasteiger partial charge is 0.421 e. The summed E-state index contributed by atoms with van der Waals surface area (Å²) in [5.41, 5.74) is 6.09. The van der Waals surface area contributed by atoms with Gasteiger partial charge in [0.05, 0.1) is 11.4 Å². The van der Waals surface area contributed by atoms with Crippen LogP contribution >= 0.6 is 11.3 Å². The molecule has 0 unspecified atom stereocenters. The third-order valence-corrected chi connectivity index (χ3v) is 7.42. The van der Waals surface area contributed by atoms with Crippen molar-refractivity contribution in [3.8, 4) is 34.3 Å². The molecule has 0 spiro atoms. The number of hydrogen-bond acceptors (Lipinski definition) is 5. The number of thiophene rings is 1. The van der Waals surface area contributed by atoms with Gasteiger partial charge in [-0.3, -0.25) is 0 Å². The Balaban J connectivity index is 1.45. The topological polar surface area (TPSA) is 47.9 Å². The van der Waals surface area contributed by atoms with E-state index < -0.39 is 0 Å². The number of fused-ring (bicyclic) bond motifs is 3. The molecule has 6 aromatic rings.